The molecule has 5 nitrogen and oxygen atoms in total. The van der Waals surface area contributed by atoms with Gasteiger partial charge in [0.05, 0.1) is 6.54 Å². The van der Waals surface area contributed by atoms with Crippen molar-refractivity contribution in [3.8, 4) is 0 Å². The Bertz CT molecular complexity index is 447. The summed E-state index contributed by atoms with van der Waals surface area (Å²) in [4.78, 5) is 23.3. The summed E-state index contributed by atoms with van der Waals surface area (Å²) in [6.45, 7) is 2.07. The zero-order valence-electron chi connectivity index (χ0n) is 11.9. The molecule has 1 aromatic rings. The molecule has 0 saturated carbocycles. The summed E-state index contributed by atoms with van der Waals surface area (Å²) in [5.41, 5.74) is 0.740. The van der Waals surface area contributed by atoms with Crippen molar-refractivity contribution in [1.29, 1.82) is 0 Å². The molecule has 1 unspecified atom stereocenters. The van der Waals surface area contributed by atoms with Gasteiger partial charge in [-0.05, 0) is 44.0 Å². The van der Waals surface area contributed by atoms with Gasteiger partial charge >= 0.3 is 0 Å². The molecule has 2 rings (SSSR count). The fraction of sp³-hybridized carbons (Fsp3) is 0.467. The maximum atomic E-state index is 11.6. The maximum absolute atomic E-state index is 11.6. The van der Waals surface area contributed by atoms with Crippen LogP contribution in [0.4, 0.5) is 5.69 Å². The van der Waals surface area contributed by atoms with Crippen molar-refractivity contribution < 1.29 is 9.59 Å². The van der Waals surface area contributed by atoms with E-state index in [0.29, 0.717) is 12.3 Å². The Balaban J connectivity index is 0.00000220. The summed E-state index contributed by atoms with van der Waals surface area (Å²) < 4.78 is 0. The van der Waals surface area contributed by atoms with Crippen molar-refractivity contribution in [1.82, 2.24) is 10.6 Å². The van der Waals surface area contributed by atoms with E-state index in [0.717, 1.165) is 31.6 Å². The van der Waals surface area contributed by atoms with Gasteiger partial charge in [-0.1, -0.05) is 18.2 Å². The Hall–Kier alpha value is -1.59. The van der Waals surface area contributed by atoms with Crippen LogP contribution in [0.25, 0.3) is 0 Å². The molecule has 3 N–H and O–H groups in total. The minimum Gasteiger partial charge on any atom is -0.347 e. The van der Waals surface area contributed by atoms with Crippen LogP contribution in [0.15, 0.2) is 30.3 Å². The predicted molar refractivity (Wildman–Crippen MR) is 85.5 cm³/mol. The molecule has 2 amide bonds. The topological polar surface area (TPSA) is 70.2 Å². The number of nitrogens with one attached hydrogen (secondary N) is 3. The maximum Gasteiger partial charge on any atom is 0.243 e. The Morgan fingerprint density at radius 1 is 1.19 bits per heavy atom. The first-order chi connectivity index (χ1) is 9.74. The summed E-state index contributed by atoms with van der Waals surface area (Å²) in [6.07, 6.45) is 2.52. The third kappa shape index (κ3) is 6.60. The molecule has 1 fully saturated rings. The minimum atomic E-state index is -0.202. The molecule has 1 aromatic carbocycles. The number of rotatable bonds is 6. The van der Waals surface area contributed by atoms with Crippen LogP contribution >= 0.6 is 12.4 Å². The molecular weight excluding hydrogens is 290 g/mol. The number of para-hydroxylation sites is 1. The van der Waals surface area contributed by atoms with Crippen molar-refractivity contribution in [2.24, 2.45) is 5.92 Å². The second-order valence-corrected chi connectivity index (χ2v) is 5.09. The van der Waals surface area contributed by atoms with Gasteiger partial charge in [0.2, 0.25) is 11.8 Å². The molecule has 116 valence electrons. The molecule has 1 saturated heterocycles. The number of hydrogen-bond acceptors (Lipinski definition) is 3. The fourth-order valence-corrected chi connectivity index (χ4v) is 2.29. The first kappa shape index (κ1) is 17.5. The molecule has 6 heteroatoms. The second-order valence-electron chi connectivity index (χ2n) is 5.09. The van der Waals surface area contributed by atoms with E-state index in [2.05, 4.69) is 16.0 Å². The summed E-state index contributed by atoms with van der Waals surface area (Å²) in [5, 5.41) is 8.66. The highest BCUT2D eigenvalue weighted by atomic mass is 35.5. The lowest BCUT2D eigenvalue weighted by Crippen LogP contribution is -2.33. The summed E-state index contributed by atoms with van der Waals surface area (Å²) >= 11 is 0. The van der Waals surface area contributed by atoms with Gasteiger partial charge in [0.1, 0.15) is 0 Å². The highest BCUT2D eigenvalue weighted by molar-refractivity contribution is 5.94. The zero-order valence-corrected chi connectivity index (χ0v) is 12.7. The van der Waals surface area contributed by atoms with Crippen LogP contribution in [-0.4, -0.2) is 31.4 Å². The quantitative estimate of drug-likeness (QED) is 0.746. The van der Waals surface area contributed by atoms with Crippen molar-refractivity contribution in [2.75, 3.05) is 25.0 Å². The Morgan fingerprint density at radius 3 is 2.62 bits per heavy atom. The number of carbonyl (C=O) groups excluding carboxylic acids is 2. The molecule has 1 aliphatic heterocycles. The van der Waals surface area contributed by atoms with Crippen LogP contribution in [0.3, 0.4) is 0 Å². The number of anilines is 1. The van der Waals surface area contributed by atoms with Crippen LogP contribution in [-0.2, 0) is 9.59 Å². The zero-order chi connectivity index (χ0) is 14.2. The number of amides is 2. The number of benzene rings is 1. The first-order valence-electron chi connectivity index (χ1n) is 7.06. The van der Waals surface area contributed by atoms with Crippen LogP contribution in [0.2, 0.25) is 0 Å². The molecule has 0 radical (unpaired) electrons. The van der Waals surface area contributed by atoms with Gasteiger partial charge in [0.25, 0.3) is 0 Å². The highest BCUT2D eigenvalue weighted by Crippen LogP contribution is 2.13. The van der Waals surface area contributed by atoms with Gasteiger partial charge < -0.3 is 16.0 Å². The van der Waals surface area contributed by atoms with E-state index in [4.69, 9.17) is 0 Å². The first-order valence-corrected chi connectivity index (χ1v) is 7.06. The van der Waals surface area contributed by atoms with Crippen LogP contribution in [0.1, 0.15) is 19.3 Å². The standard InChI is InChI=1S/C15H21N3O2.ClH/c19-14(7-6-12-8-9-16-10-12)17-11-15(20)18-13-4-2-1-3-5-13;/h1-5,12,16H,6-11H2,(H,17,19)(H,18,20);1H. The summed E-state index contributed by atoms with van der Waals surface area (Å²) in [6, 6.07) is 9.21. The van der Waals surface area contributed by atoms with Crippen LogP contribution in [0, 0.1) is 5.92 Å². The van der Waals surface area contributed by atoms with Crippen molar-refractivity contribution >= 4 is 29.9 Å². The largest absolute Gasteiger partial charge is 0.347 e. The fourth-order valence-electron chi connectivity index (χ4n) is 2.29. The van der Waals surface area contributed by atoms with Gasteiger partial charge in [-0.15, -0.1) is 12.4 Å². The van der Waals surface area contributed by atoms with Crippen molar-refractivity contribution in [2.45, 2.75) is 19.3 Å². The molecule has 0 bridgehead atoms. The lowest BCUT2D eigenvalue weighted by atomic mass is 10.0. The minimum absolute atomic E-state index is 0. The van der Waals surface area contributed by atoms with E-state index in [1.165, 1.54) is 0 Å². The average molecular weight is 312 g/mol. The van der Waals surface area contributed by atoms with E-state index in [-0.39, 0.29) is 30.8 Å². The molecule has 0 aromatic heterocycles. The third-order valence-corrected chi connectivity index (χ3v) is 3.45. The van der Waals surface area contributed by atoms with E-state index < -0.39 is 0 Å². The Labute approximate surface area is 131 Å². The lowest BCUT2D eigenvalue weighted by Gasteiger charge is -2.09. The normalized spacial score (nSPS) is 16.9. The molecule has 21 heavy (non-hydrogen) atoms. The molecule has 1 heterocycles. The molecule has 0 aliphatic carbocycles. The SMILES string of the molecule is Cl.O=C(CCC1CCNC1)NCC(=O)Nc1ccccc1. The number of halogens is 1. The average Bonchev–Trinajstić information content (AvgIpc) is 2.97. The summed E-state index contributed by atoms with van der Waals surface area (Å²) in [7, 11) is 0. The smallest absolute Gasteiger partial charge is 0.243 e. The van der Waals surface area contributed by atoms with Gasteiger partial charge in [-0.2, -0.15) is 0 Å². The molecule has 1 aliphatic rings. The molecular formula is C15H22ClN3O2. The molecule has 0 spiro atoms. The van der Waals surface area contributed by atoms with E-state index in [9.17, 15) is 9.59 Å². The monoisotopic (exact) mass is 311 g/mol. The summed E-state index contributed by atoms with van der Waals surface area (Å²) in [5.74, 6) is 0.339. The number of carbonyl (C=O) groups is 2. The lowest BCUT2D eigenvalue weighted by molar-refractivity contribution is -0.124. The van der Waals surface area contributed by atoms with E-state index in [1.54, 1.807) is 0 Å². The van der Waals surface area contributed by atoms with Gasteiger partial charge in [0.15, 0.2) is 0 Å². The van der Waals surface area contributed by atoms with E-state index in [1.807, 2.05) is 30.3 Å². The Morgan fingerprint density at radius 2 is 1.95 bits per heavy atom. The van der Waals surface area contributed by atoms with Crippen LogP contribution < -0.4 is 16.0 Å². The molecule has 1 atom stereocenters. The van der Waals surface area contributed by atoms with Gasteiger partial charge in [-0.25, -0.2) is 0 Å². The Kier molecular flexibility index (Phi) is 7.79. The van der Waals surface area contributed by atoms with Gasteiger partial charge in [0, 0.05) is 12.1 Å². The predicted octanol–water partition coefficient (Wildman–Crippen LogP) is 1.55. The van der Waals surface area contributed by atoms with Gasteiger partial charge in [-0.3, -0.25) is 9.59 Å². The van der Waals surface area contributed by atoms with Crippen molar-refractivity contribution in [3.63, 3.8) is 0 Å². The second kappa shape index (κ2) is 9.37. The third-order valence-electron chi connectivity index (χ3n) is 3.45. The highest BCUT2D eigenvalue weighted by Gasteiger charge is 2.15. The van der Waals surface area contributed by atoms with Crippen LogP contribution in [0.5, 0.6) is 0 Å². The van der Waals surface area contributed by atoms with E-state index >= 15 is 0 Å². The number of hydrogen-bond donors (Lipinski definition) is 3. The van der Waals surface area contributed by atoms with Crippen molar-refractivity contribution in [3.05, 3.63) is 30.3 Å².